The number of rotatable bonds is 2. The van der Waals surface area contributed by atoms with Crippen molar-refractivity contribution in [2.75, 3.05) is 11.9 Å². The summed E-state index contributed by atoms with van der Waals surface area (Å²) in [5.74, 6) is 0.336. The second-order valence-electron chi connectivity index (χ2n) is 4.59. The Hall–Kier alpha value is -2.10. The Morgan fingerprint density at radius 1 is 1.60 bits per heavy atom. The molecule has 3 rings (SSSR count). The Morgan fingerprint density at radius 2 is 2.45 bits per heavy atom. The van der Waals surface area contributed by atoms with E-state index in [-0.39, 0.29) is 5.91 Å². The van der Waals surface area contributed by atoms with E-state index in [9.17, 15) is 10.1 Å². The molecule has 102 valence electrons. The fourth-order valence-electron chi connectivity index (χ4n) is 2.33. The van der Waals surface area contributed by atoms with Crippen molar-refractivity contribution in [2.24, 2.45) is 0 Å². The number of carbonyl (C=O) groups is 1. The molecular weight excluding hydrogens is 274 g/mol. The van der Waals surface area contributed by atoms with E-state index in [1.807, 2.05) is 0 Å². The molecule has 20 heavy (non-hydrogen) atoms. The molecule has 3 heterocycles. The first-order valence-electron chi connectivity index (χ1n) is 6.31. The number of fused-ring (bicyclic) bond motifs is 1. The molecule has 0 saturated carbocycles. The molecule has 0 bridgehead atoms. The summed E-state index contributed by atoms with van der Waals surface area (Å²) < 4.78 is 5.13. The van der Waals surface area contributed by atoms with Crippen LogP contribution >= 0.6 is 11.3 Å². The SMILES string of the molecule is Cc1occc1C(=O)Nc1sc2c(c1C#N)CCNC2. The molecule has 2 aromatic heterocycles. The van der Waals surface area contributed by atoms with Crippen molar-refractivity contribution < 1.29 is 9.21 Å². The molecule has 0 fully saturated rings. The van der Waals surface area contributed by atoms with Crippen LogP contribution in [-0.4, -0.2) is 12.5 Å². The Kier molecular flexibility index (Phi) is 3.30. The van der Waals surface area contributed by atoms with Gasteiger partial charge < -0.3 is 15.1 Å². The molecule has 0 atom stereocenters. The van der Waals surface area contributed by atoms with E-state index in [1.54, 1.807) is 13.0 Å². The van der Waals surface area contributed by atoms with Crippen LogP contribution < -0.4 is 10.6 Å². The van der Waals surface area contributed by atoms with E-state index in [0.29, 0.717) is 21.9 Å². The number of anilines is 1. The Labute approximate surface area is 120 Å². The predicted octanol–water partition coefficient (Wildman–Crippen LogP) is 2.42. The maximum Gasteiger partial charge on any atom is 0.259 e. The lowest BCUT2D eigenvalue weighted by Crippen LogP contribution is -2.22. The van der Waals surface area contributed by atoms with Gasteiger partial charge in [-0.2, -0.15) is 5.26 Å². The zero-order valence-corrected chi connectivity index (χ0v) is 11.8. The quantitative estimate of drug-likeness (QED) is 0.889. The summed E-state index contributed by atoms with van der Waals surface area (Å²) >= 11 is 1.47. The topological polar surface area (TPSA) is 78.1 Å². The summed E-state index contributed by atoms with van der Waals surface area (Å²) in [5, 5.41) is 16.1. The Morgan fingerprint density at radius 3 is 3.15 bits per heavy atom. The van der Waals surface area contributed by atoms with Crippen LogP contribution in [-0.2, 0) is 13.0 Å². The molecule has 1 aliphatic rings. The van der Waals surface area contributed by atoms with Crippen molar-refractivity contribution in [3.63, 3.8) is 0 Å². The molecule has 0 aliphatic carbocycles. The largest absolute Gasteiger partial charge is 0.469 e. The number of furan rings is 1. The summed E-state index contributed by atoms with van der Waals surface area (Å²) in [7, 11) is 0. The number of amides is 1. The zero-order chi connectivity index (χ0) is 14.1. The number of nitrogens with zero attached hydrogens (tertiary/aromatic N) is 1. The molecule has 5 nitrogen and oxygen atoms in total. The lowest BCUT2D eigenvalue weighted by Gasteiger charge is -2.11. The second kappa shape index (κ2) is 5.12. The predicted molar refractivity (Wildman–Crippen MR) is 75.8 cm³/mol. The summed E-state index contributed by atoms with van der Waals surface area (Å²) in [6.45, 7) is 3.37. The molecule has 1 aliphatic heterocycles. The average Bonchev–Trinajstić information content (AvgIpc) is 3.01. The van der Waals surface area contributed by atoms with Crippen LogP contribution in [0.5, 0.6) is 0 Å². The minimum absolute atomic E-state index is 0.237. The van der Waals surface area contributed by atoms with E-state index >= 15 is 0 Å². The van der Waals surface area contributed by atoms with Crippen molar-refractivity contribution in [2.45, 2.75) is 19.9 Å². The van der Waals surface area contributed by atoms with Crippen LogP contribution in [0.15, 0.2) is 16.7 Å². The van der Waals surface area contributed by atoms with Crippen molar-refractivity contribution in [3.05, 3.63) is 39.7 Å². The first-order valence-corrected chi connectivity index (χ1v) is 7.13. The van der Waals surface area contributed by atoms with Crippen LogP contribution in [0.3, 0.4) is 0 Å². The Bertz CT molecular complexity index is 709. The smallest absolute Gasteiger partial charge is 0.259 e. The number of nitrogens with one attached hydrogen (secondary N) is 2. The van der Waals surface area contributed by atoms with Gasteiger partial charge in [0.15, 0.2) is 0 Å². The molecule has 0 radical (unpaired) electrons. The van der Waals surface area contributed by atoms with Gasteiger partial charge in [-0.3, -0.25) is 4.79 Å². The number of carbonyl (C=O) groups excluding carboxylic acids is 1. The number of hydrogen-bond acceptors (Lipinski definition) is 5. The van der Waals surface area contributed by atoms with Gasteiger partial charge in [0.05, 0.1) is 17.4 Å². The van der Waals surface area contributed by atoms with Gasteiger partial charge in [0.25, 0.3) is 5.91 Å². The van der Waals surface area contributed by atoms with Gasteiger partial charge in [0.1, 0.15) is 16.8 Å². The number of thiophene rings is 1. The molecule has 0 aromatic carbocycles. The molecule has 0 spiro atoms. The highest BCUT2D eigenvalue weighted by atomic mass is 32.1. The molecule has 1 amide bonds. The van der Waals surface area contributed by atoms with Crippen molar-refractivity contribution in [1.29, 1.82) is 5.26 Å². The minimum atomic E-state index is -0.237. The van der Waals surface area contributed by atoms with E-state index < -0.39 is 0 Å². The van der Waals surface area contributed by atoms with Gasteiger partial charge in [0, 0.05) is 11.4 Å². The van der Waals surface area contributed by atoms with Gasteiger partial charge in [0.2, 0.25) is 0 Å². The maximum atomic E-state index is 12.2. The monoisotopic (exact) mass is 287 g/mol. The zero-order valence-electron chi connectivity index (χ0n) is 10.9. The van der Waals surface area contributed by atoms with Gasteiger partial charge >= 0.3 is 0 Å². The third-order valence-corrected chi connectivity index (χ3v) is 4.52. The molecular formula is C14H13N3O2S. The number of nitriles is 1. The van der Waals surface area contributed by atoms with Crippen LogP contribution in [0.1, 0.15) is 32.1 Å². The van der Waals surface area contributed by atoms with Crippen molar-refractivity contribution in [1.82, 2.24) is 5.32 Å². The molecule has 2 aromatic rings. The minimum Gasteiger partial charge on any atom is -0.469 e. The lowest BCUT2D eigenvalue weighted by atomic mass is 10.1. The molecule has 0 saturated heterocycles. The summed E-state index contributed by atoms with van der Waals surface area (Å²) in [6, 6.07) is 3.84. The van der Waals surface area contributed by atoms with E-state index in [1.165, 1.54) is 17.6 Å². The van der Waals surface area contributed by atoms with E-state index in [4.69, 9.17) is 4.42 Å². The highest BCUT2D eigenvalue weighted by Gasteiger charge is 2.22. The first-order chi connectivity index (χ1) is 9.70. The van der Waals surface area contributed by atoms with Gasteiger partial charge in [-0.15, -0.1) is 11.3 Å². The van der Waals surface area contributed by atoms with Gasteiger partial charge in [-0.05, 0) is 31.5 Å². The Balaban J connectivity index is 1.92. The highest BCUT2D eigenvalue weighted by molar-refractivity contribution is 7.16. The summed E-state index contributed by atoms with van der Waals surface area (Å²) in [5.41, 5.74) is 2.16. The number of aryl methyl sites for hydroxylation is 1. The summed E-state index contributed by atoms with van der Waals surface area (Å²) in [4.78, 5) is 13.3. The second-order valence-corrected chi connectivity index (χ2v) is 5.70. The van der Waals surface area contributed by atoms with Crippen LogP contribution in [0.25, 0.3) is 0 Å². The van der Waals surface area contributed by atoms with Gasteiger partial charge in [-0.25, -0.2) is 0 Å². The highest BCUT2D eigenvalue weighted by Crippen LogP contribution is 2.35. The standard InChI is InChI=1S/C14H13N3O2S/c1-8-9(3-5-19-8)13(18)17-14-11(6-15)10-2-4-16-7-12(10)20-14/h3,5,16H,2,4,7H2,1H3,(H,17,18). The average molecular weight is 287 g/mol. The fourth-order valence-corrected chi connectivity index (χ4v) is 3.49. The van der Waals surface area contributed by atoms with E-state index in [2.05, 4.69) is 16.7 Å². The number of hydrogen-bond donors (Lipinski definition) is 2. The fraction of sp³-hybridized carbons (Fsp3) is 0.286. The normalized spacial score (nSPS) is 13.6. The van der Waals surface area contributed by atoms with Crippen LogP contribution in [0.2, 0.25) is 0 Å². The molecule has 2 N–H and O–H groups in total. The van der Waals surface area contributed by atoms with E-state index in [0.717, 1.165) is 30.0 Å². The van der Waals surface area contributed by atoms with Crippen LogP contribution in [0, 0.1) is 18.3 Å². The van der Waals surface area contributed by atoms with Crippen molar-refractivity contribution >= 4 is 22.2 Å². The van der Waals surface area contributed by atoms with Gasteiger partial charge in [-0.1, -0.05) is 0 Å². The molecule has 6 heteroatoms. The first kappa shape index (κ1) is 12.9. The van der Waals surface area contributed by atoms with Crippen molar-refractivity contribution in [3.8, 4) is 6.07 Å². The third-order valence-electron chi connectivity index (χ3n) is 3.37. The van der Waals surface area contributed by atoms with Crippen LogP contribution in [0.4, 0.5) is 5.00 Å². The maximum absolute atomic E-state index is 12.2. The third kappa shape index (κ3) is 2.11. The lowest BCUT2D eigenvalue weighted by molar-refractivity contribution is 0.102. The molecule has 0 unspecified atom stereocenters. The summed E-state index contributed by atoms with van der Waals surface area (Å²) in [6.07, 6.45) is 2.31.